The van der Waals surface area contributed by atoms with Gasteiger partial charge in [-0.1, -0.05) is 12.1 Å². The fourth-order valence-corrected chi connectivity index (χ4v) is 2.19. The molecule has 0 aliphatic heterocycles. The van der Waals surface area contributed by atoms with E-state index in [-0.39, 0.29) is 11.9 Å². The molecule has 0 heterocycles. The third-order valence-corrected chi connectivity index (χ3v) is 3.30. The summed E-state index contributed by atoms with van der Waals surface area (Å²) in [7, 11) is 0. The zero-order valence-electron chi connectivity index (χ0n) is 11.3. The van der Waals surface area contributed by atoms with Gasteiger partial charge in [0.25, 0.3) is 5.91 Å². The molecule has 4 nitrogen and oxygen atoms in total. The summed E-state index contributed by atoms with van der Waals surface area (Å²) in [5.41, 5.74) is 0.672. The van der Waals surface area contributed by atoms with Gasteiger partial charge in [0.2, 0.25) is 0 Å². The first kappa shape index (κ1) is 15.6. The van der Waals surface area contributed by atoms with E-state index in [1.807, 2.05) is 24.5 Å². The Morgan fingerprint density at radius 2 is 2.05 bits per heavy atom. The molecule has 0 atom stereocenters. The predicted molar refractivity (Wildman–Crippen MR) is 76.4 cm³/mol. The first-order chi connectivity index (χ1) is 9.19. The minimum Gasteiger partial charge on any atom is -0.466 e. The molecule has 0 aliphatic rings. The van der Waals surface area contributed by atoms with Crippen molar-refractivity contribution < 1.29 is 14.3 Å². The van der Waals surface area contributed by atoms with Gasteiger partial charge in [0.05, 0.1) is 12.2 Å². The first-order valence-corrected chi connectivity index (χ1v) is 7.48. The number of thioether (sulfide) groups is 1. The Morgan fingerprint density at radius 1 is 1.32 bits per heavy atom. The van der Waals surface area contributed by atoms with Crippen LogP contribution in [0.25, 0.3) is 0 Å². The zero-order chi connectivity index (χ0) is 14.1. The van der Waals surface area contributed by atoms with E-state index in [2.05, 4.69) is 5.32 Å². The molecule has 1 rings (SSSR count). The lowest BCUT2D eigenvalue weighted by Crippen LogP contribution is -2.25. The lowest BCUT2D eigenvalue weighted by molar-refractivity contribution is -0.143. The van der Waals surface area contributed by atoms with Gasteiger partial charge < -0.3 is 10.1 Å². The highest BCUT2D eigenvalue weighted by molar-refractivity contribution is 7.98. The number of benzene rings is 1. The number of ether oxygens (including phenoxy) is 1. The molecule has 19 heavy (non-hydrogen) atoms. The number of carbonyl (C=O) groups is 2. The Balaban J connectivity index is 2.37. The number of nitrogens with one attached hydrogen (secondary N) is 1. The van der Waals surface area contributed by atoms with E-state index in [0.29, 0.717) is 31.6 Å². The van der Waals surface area contributed by atoms with E-state index >= 15 is 0 Å². The fourth-order valence-electron chi connectivity index (χ4n) is 1.60. The molecule has 0 aliphatic carbocycles. The topological polar surface area (TPSA) is 55.4 Å². The number of esters is 1. The van der Waals surface area contributed by atoms with Gasteiger partial charge in [0.15, 0.2) is 0 Å². The van der Waals surface area contributed by atoms with E-state index < -0.39 is 0 Å². The number of hydrogen-bond acceptors (Lipinski definition) is 4. The lowest BCUT2D eigenvalue weighted by atomic mass is 10.2. The SMILES string of the molecule is CCOC(=O)CCCNC(=O)c1ccccc1SC. The van der Waals surface area contributed by atoms with Crippen LogP contribution in [-0.4, -0.2) is 31.3 Å². The summed E-state index contributed by atoms with van der Waals surface area (Å²) in [6.45, 7) is 2.64. The average Bonchev–Trinajstić information content (AvgIpc) is 2.43. The molecule has 0 saturated carbocycles. The van der Waals surface area contributed by atoms with Crippen molar-refractivity contribution in [2.24, 2.45) is 0 Å². The maximum absolute atomic E-state index is 12.0. The Kier molecular flexibility index (Phi) is 7.03. The number of hydrogen-bond donors (Lipinski definition) is 1. The molecule has 1 aromatic rings. The summed E-state index contributed by atoms with van der Waals surface area (Å²) in [5, 5.41) is 2.81. The highest BCUT2D eigenvalue weighted by Crippen LogP contribution is 2.19. The van der Waals surface area contributed by atoms with Crippen molar-refractivity contribution in [2.75, 3.05) is 19.4 Å². The van der Waals surface area contributed by atoms with Crippen molar-refractivity contribution in [2.45, 2.75) is 24.7 Å². The van der Waals surface area contributed by atoms with Gasteiger partial charge in [-0.2, -0.15) is 0 Å². The van der Waals surface area contributed by atoms with Crippen molar-refractivity contribution in [3.63, 3.8) is 0 Å². The van der Waals surface area contributed by atoms with Crippen molar-refractivity contribution >= 4 is 23.6 Å². The predicted octanol–water partition coefficient (Wildman–Crippen LogP) is 2.48. The third-order valence-electron chi connectivity index (χ3n) is 2.50. The molecular formula is C14H19NO3S. The summed E-state index contributed by atoms with van der Waals surface area (Å²) in [5.74, 6) is -0.324. The van der Waals surface area contributed by atoms with Crippen molar-refractivity contribution in [3.05, 3.63) is 29.8 Å². The Morgan fingerprint density at radius 3 is 2.74 bits per heavy atom. The maximum atomic E-state index is 12.0. The Hall–Kier alpha value is -1.49. The van der Waals surface area contributed by atoms with E-state index in [1.165, 1.54) is 11.8 Å². The van der Waals surface area contributed by atoms with Crippen LogP contribution in [0.3, 0.4) is 0 Å². The largest absolute Gasteiger partial charge is 0.466 e. The summed E-state index contributed by atoms with van der Waals surface area (Å²) < 4.78 is 4.82. The van der Waals surface area contributed by atoms with Crippen LogP contribution in [0.1, 0.15) is 30.1 Å². The van der Waals surface area contributed by atoms with Gasteiger partial charge in [-0.05, 0) is 31.7 Å². The quantitative estimate of drug-likeness (QED) is 0.474. The van der Waals surface area contributed by atoms with E-state index in [1.54, 1.807) is 13.0 Å². The molecule has 5 heteroatoms. The summed E-state index contributed by atoms with van der Waals surface area (Å²) >= 11 is 1.54. The lowest BCUT2D eigenvalue weighted by Gasteiger charge is -2.08. The second kappa shape index (κ2) is 8.58. The van der Waals surface area contributed by atoms with Gasteiger partial charge in [0, 0.05) is 17.9 Å². The van der Waals surface area contributed by atoms with Gasteiger partial charge in [-0.25, -0.2) is 0 Å². The second-order valence-electron chi connectivity index (χ2n) is 3.86. The maximum Gasteiger partial charge on any atom is 0.305 e. The molecule has 0 spiro atoms. The van der Waals surface area contributed by atoms with E-state index in [4.69, 9.17) is 4.74 Å². The number of carbonyl (C=O) groups excluding carboxylic acids is 2. The van der Waals surface area contributed by atoms with Crippen LogP contribution in [-0.2, 0) is 9.53 Å². The van der Waals surface area contributed by atoms with Crippen LogP contribution >= 0.6 is 11.8 Å². The fraction of sp³-hybridized carbons (Fsp3) is 0.429. The molecule has 0 saturated heterocycles. The Bertz CT molecular complexity index is 434. The average molecular weight is 281 g/mol. The first-order valence-electron chi connectivity index (χ1n) is 6.25. The van der Waals surface area contributed by atoms with Crippen LogP contribution < -0.4 is 5.32 Å². The molecule has 0 radical (unpaired) electrons. The van der Waals surface area contributed by atoms with Crippen molar-refractivity contribution in [1.29, 1.82) is 0 Å². The minimum atomic E-state index is -0.221. The molecule has 0 fully saturated rings. The molecule has 1 N–H and O–H groups in total. The van der Waals surface area contributed by atoms with Crippen LogP contribution in [0.2, 0.25) is 0 Å². The van der Waals surface area contributed by atoms with Gasteiger partial charge in [-0.15, -0.1) is 11.8 Å². The molecule has 0 unspecified atom stereocenters. The number of rotatable bonds is 7. The zero-order valence-corrected chi connectivity index (χ0v) is 12.1. The van der Waals surface area contributed by atoms with Gasteiger partial charge in [-0.3, -0.25) is 9.59 Å². The molecule has 1 aromatic carbocycles. The van der Waals surface area contributed by atoms with E-state index in [9.17, 15) is 9.59 Å². The third kappa shape index (κ3) is 5.34. The Labute approximate surface area is 117 Å². The van der Waals surface area contributed by atoms with Crippen molar-refractivity contribution in [3.8, 4) is 0 Å². The van der Waals surface area contributed by atoms with Crippen LogP contribution in [0.4, 0.5) is 0 Å². The van der Waals surface area contributed by atoms with Crippen molar-refractivity contribution in [1.82, 2.24) is 5.32 Å². The molecular weight excluding hydrogens is 262 g/mol. The standard InChI is InChI=1S/C14H19NO3S/c1-3-18-13(16)9-6-10-15-14(17)11-7-4-5-8-12(11)19-2/h4-5,7-8H,3,6,9-10H2,1-2H3,(H,15,17). The summed E-state index contributed by atoms with van der Waals surface area (Å²) in [6, 6.07) is 7.46. The van der Waals surface area contributed by atoms with E-state index in [0.717, 1.165) is 4.90 Å². The molecule has 0 bridgehead atoms. The van der Waals surface area contributed by atoms with Gasteiger partial charge >= 0.3 is 5.97 Å². The van der Waals surface area contributed by atoms with Crippen LogP contribution in [0.15, 0.2) is 29.2 Å². The second-order valence-corrected chi connectivity index (χ2v) is 4.71. The molecule has 1 amide bonds. The van der Waals surface area contributed by atoms with Crippen LogP contribution in [0, 0.1) is 0 Å². The molecule has 104 valence electrons. The minimum absolute atomic E-state index is 0.103. The highest BCUT2D eigenvalue weighted by atomic mass is 32.2. The smallest absolute Gasteiger partial charge is 0.305 e. The summed E-state index contributed by atoms with van der Waals surface area (Å²) in [6.07, 6.45) is 2.86. The van der Waals surface area contributed by atoms with Crippen LogP contribution in [0.5, 0.6) is 0 Å². The normalized spacial score (nSPS) is 10.0. The number of amides is 1. The molecule has 0 aromatic heterocycles. The van der Waals surface area contributed by atoms with Gasteiger partial charge in [0.1, 0.15) is 0 Å². The monoisotopic (exact) mass is 281 g/mol. The highest BCUT2D eigenvalue weighted by Gasteiger charge is 2.09. The summed E-state index contributed by atoms with van der Waals surface area (Å²) in [4.78, 5) is 24.0.